The van der Waals surface area contributed by atoms with Crippen LogP contribution in [-0.4, -0.2) is 38.4 Å². The van der Waals surface area contributed by atoms with Crippen LogP contribution in [-0.2, 0) is 4.79 Å². The summed E-state index contributed by atoms with van der Waals surface area (Å²) in [6.45, 7) is 3.84. The van der Waals surface area contributed by atoms with E-state index in [2.05, 4.69) is 4.98 Å². The lowest BCUT2D eigenvalue weighted by molar-refractivity contribution is -0.157. The van der Waals surface area contributed by atoms with Gasteiger partial charge in [0.15, 0.2) is 5.60 Å². The van der Waals surface area contributed by atoms with Crippen molar-refractivity contribution in [2.24, 2.45) is 5.92 Å². The fourth-order valence-electron chi connectivity index (χ4n) is 2.42. The van der Waals surface area contributed by atoms with Crippen molar-refractivity contribution in [1.29, 1.82) is 0 Å². The third-order valence-electron chi connectivity index (χ3n) is 3.46. The molecule has 1 aromatic heterocycles. The number of thioether (sulfide) groups is 1. The van der Waals surface area contributed by atoms with E-state index < -0.39 is 11.6 Å². The summed E-state index contributed by atoms with van der Waals surface area (Å²) in [5.74, 6) is -0.969. The van der Waals surface area contributed by atoms with Gasteiger partial charge < -0.3 is 10.2 Å². The van der Waals surface area contributed by atoms with Gasteiger partial charge in [-0.05, 0) is 24.5 Å². The quantitative estimate of drug-likeness (QED) is 0.430. The number of aliphatic hydroxyl groups is 1. The van der Waals surface area contributed by atoms with Gasteiger partial charge in [-0.3, -0.25) is 0 Å². The van der Waals surface area contributed by atoms with Crippen molar-refractivity contribution in [2.75, 3.05) is 11.7 Å². The molecule has 0 amide bonds. The molecule has 2 rings (SSSR count). The lowest BCUT2D eigenvalue weighted by Gasteiger charge is -2.25. The topological polar surface area (TPSA) is 70.4 Å². The summed E-state index contributed by atoms with van der Waals surface area (Å²) in [6, 6.07) is 12.0. The Morgan fingerprint density at radius 2 is 2.04 bits per heavy atom. The molecule has 0 aliphatic carbocycles. The SMILES string of the molecule is CC(C)CC(O)(CPCSc1ccc2ccccc2n1)C(=O)O. The summed E-state index contributed by atoms with van der Waals surface area (Å²) in [5.41, 5.74) is 0.117. The Morgan fingerprint density at radius 3 is 2.74 bits per heavy atom. The number of aromatic nitrogens is 1. The predicted molar refractivity (Wildman–Crippen MR) is 97.7 cm³/mol. The van der Waals surface area contributed by atoms with Crippen LogP contribution in [0.15, 0.2) is 41.4 Å². The van der Waals surface area contributed by atoms with Crippen LogP contribution in [0.1, 0.15) is 20.3 Å². The van der Waals surface area contributed by atoms with Gasteiger partial charge in [0.1, 0.15) is 0 Å². The number of aliphatic carboxylic acids is 1. The van der Waals surface area contributed by atoms with E-state index in [4.69, 9.17) is 0 Å². The van der Waals surface area contributed by atoms with Gasteiger partial charge >= 0.3 is 5.97 Å². The van der Waals surface area contributed by atoms with Crippen LogP contribution >= 0.6 is 20.3 Å². The van der Waals surface area contributed by atoms with Gasteiger partial charge in [0.05, 0.1) is 10.5 Å². The largest absolute Gasteiger partial charge is 0.479 e. The Kier molecular flexibility index (Phi) is 6.40. The molecule has 2 atom stereocenters. The van der Waals surface area contributed by atoms with Crippen molar-refractivity contribution in [3.05, 3.63) is 36.4 Å². The summed E-state index contributed by atoms with van der Waals surface area (Å²) >= 11 is 1.60. The van der Waals surface area contributed by atoms with Gasteiger partial charge in [-0.1, -0.05) is 38.1 Å². The molecule has 0 spiro atoms. The second-order valence-corrected chi connectivity index (χ2v) is 8.71. The summed E-state index contributed by atoms with van der Waals surface area (Å²) in [4.78, 5) is 15.9. The van der Waals surface area contributed by atoms with E-state index in [0.717, 1.165) is 21.4 Å². The lowest BCUT2D eigenvalue weighted by atomic mass is 9.94. The molecule has 0 aliphatic rings. The fraction of sp³-hybridized carbons (Fsp3) is 0.412. The first-order valence-corrected chi connectivity index (χ1v) is 9.96. The molecule has 1 heterocycles. The van der Waals surface area contributed by atoms with Gasteiger partial charge in [0.25, 0.3) is 0 Å². The number of rotatable bonds is 8. The van der Waals surface area contributed by atoms with Crippen molar-refractivity contribution in [3.63, 3.8) is 0 Å². The summed E-state index contributed by atoms with van der Waals surface area (Å²) in [6.07, 6.45) is 0.579. The Morgan fingerprint density at radius 1 is 1.30 bits per heavy atom. The molecule has 2 N–H and O–H groups in total. The fourth-order valence-corrected chi connectivity index (χ4v) is 4.87. The Hall–Kier alpha value is -1.16. The molecule has 0 radical (unpaired) electrons. The van der Waals surface area contributed by atoms with E-state index in [1.54, 1.807) is 11.8 Å². The molecule has 0 saturated carbocycles. The molecule has 4 nitrogen and oxygen atoms in total. The minimum atomic E-state index is -1.61. The summed E-state index contributed by atoms with van der Waals surface area (Å²) < 4.78 is 0. The first-order chi connectivity index (χ1) is 10.9. The first-order valence-electron chi connectivity index (χ1n) is 7.56. The van der Waals surface area contributed by atoms with Crippen LogP contribution in [0.2, 0.25) is 0 Å². The van der Waals surface area contributed by atoms with Crippen LogP contribution in [0, 0.1) is 5.92 Å². The van der Waals surface area contributed by atoms with E-state index in [9.17, 15) is 15.0 Å². The number of carboxylic acids is 1. The monoisotopic (exact) mass is 351 g/mol. The number of hydrogen-bond donors (Lipinski definition) is 2. The van der Waals surface area contributed by atoms with Crippen LogP contribution < -0.4 is 0 Å². The van der Waals surface area contributed by atoms with Gasteiger partial charge in [0, 0.05) is 17.0 Å². The third-order valence-corrected chi connectivity index (χ3v) is 6.21. The molecular weight excluding hydrogens is 329 g/mol. The first kappa shape index (κ1) is 18.2. The predicted octanol–water partition coefficient (Wildman–Crippen LogP) is 3.82. The summed E-state index contributed by atoms with van der Waals surface area (Å²) in [5, 5.41) is 21.6. The number of carbonyl (C=O) groups is 1. The van der Waals surface area contributed by atoms with Crippen molar-refractivity contribution >= 4 is 37.2 Å². The highest BCUT2D eigenvalue weighted by Gasteiger charge is 2.35. The van der Waals surface area contributed by atoms with Crippen molar-refractivity contribution in [1.82, 2.24) is 4.98 Å². The van der Waals surface area contributed by atoms with Gasteiger partial charge in [0.2, 0.25) is 0 Å². The molecule has 0 aliphatic heterocycles. The van der Waals surface area contributed by atoms with Crippen LogP contribution in [0.25, 0.3) is 10.9 Å². The van der Waals surface area contributed by atoms with E-state index in [0.29, 0.717) is 14.7 Å². The number of hydrogen-bond acceptors (Lipinski definition) is 4. The van der Waals surface area contributed by atoms with Crippen molar-refractivity contribution in [3.8, 4) is 0 Å². The molecular formula is C17H22NO3PS. The van der Waals surface area contributed by atoms with E-state index in [1.165, 1.54) is 0 Å². The van der Waals surface area contributed by atoms with Crippen molar-refractivity contribution < 1.29 is 15.0 Å². The number of benzene rings is 1. The molecule has 23 heavy (non-hydrogen) atoms. The zero-order chi connectivity index (χ0) is 16.9. The third kappa shape index (κ3) is 5.17. The van der Waals surface area contributed by atoms with Gasteiger partial charge in [-0.15, -0.1) is 20.3 Å². The van der Waals surface area contributed by atoms with Crippen molar-refractivity contribution in [2.45, 2.75) is 30.9 Å². The zero-order valence-electron chi connectivity index (χ0n) is 13.3. The molecule has 0 bridgehead atoms. The smallest absolute Gasteiger partial charge is 0.336 e. The number of carboxylic acid groups (broad SMARTS) is 1. The number of fused-ring (bicyclic) bond motifs is 1. The summed E-state index contributed by atoms with van der Waals surface area (Å²) in [7, 11) is 0.371. The highest BCUT2D eigenvalue weighted by Crippen LogP contribution is 2.31. The maximum atomic E-state index is 11.3. The standard InChI is InChI=1S/C17H22NO3PS/c1-12(2)9-17(21,16(19)20)10-22-11-23-15-8-7-13-5-3-4-6-14(13)18-15/h3-8,12,21-22H,9-11H2,1-2H3,(H,19,20). The average Bonchev–Trinajstić information content (AvgIpc) is 2.50. The zero-order valence-corrected chi connectivity index (χ0v) is 15.1. The highest BCUT2D eigenvalue weighted by molar-refractivity contribution is 8.03. The Labute approximate surface area is 142 Å². The molecule has 2 unspecified atom stereocenters. The lowest BCUT2D eigenvalue weighted by Crippen LogP contribution is -2.42. The Balaban J connectivity index is 1.89. The molecule has 0 saturated heterocycles. The second-order valence-electron chi connectivity index (χ2n) is 5.99. The molecule has 2 aromatic rings. The van der Waals surface area contributed by atoms with Crippen LogP contribution in [0.5, 0.6) is 0 Å². The van der Waals surface area contributed by atoms with Gasteiger partial charge in [-0.2, -0.15) is 0 Å². The molecule has 6 heteroatoms. The average molecular weight is 351 g/mol. The van der Waals surface area contributed by atoms with Crippen LogP contribution in [0.3, 0.4) is 0 Å². The minimum Gasteiger partial charge on any atom is -0.479 e. The molecule has 1 aromatic carbocycles. The van der Waals surface area contributed by atoms with E-state index in [-0.39, 0.29) is 12.3 Å². The Bertz CT molecular complexity index is 680. The van der Waals surface area contributed by atoms with Gasteiger partial charge in [-0.25, -0.2) is 9.78 Å². The highest BCUT2D eigenvalue weighted by atomic mass is 32.2. The second kappa shape index (κ2) is 8.09. The minimum absolute atomic E-state index is 0.149. The number of nitrogens with zero attached hydrogens (tertiary/aromatic N) is 1. The van der Waals surface area contributed by atoms with E-state index >= 15 is 0 Å². The van der Waals surface area contributed by atoms with Crippen LogP contribution in [0.4, 0.5) is 0 Å². The maximum absolute atomic E-state index is 11.3. The normalized spacial score (nSPS) is 14.6. The number of para-hydroxylation sites is 1. The maximum Gasteiger partial charge on any atom is 0.336 e. The number of pyridine rings is 1. The molecule has 124 valence electrons. The van der Waals surface area contributed by atoms with E-state index in [1.807, 2.05) is 50.2 Å². The molecule has 0 fully saturated rings.